The van der Waals surface area contributed by atoms with E-state index in [9.17, 15) is 5.11 Å². The van der Waals surface area contributed by atoms with Crippen molar-refractivity contribution in [1.29, 1.82) is 0 Å². The summed E-state index contributed by atoms with van der Waals surface area (Å²) in [4.78, 5) is 7.93. The summed E-state index contributed by atoms with van der Waals surface area (Å²) in [6.45, 7) is 0.529. The fraction of sp³-hybridized carbons (Fsp3) is 0.600. The second-order valence-corrected chi connectivity index (χ2v) is 4.25. The number of nitrogens with zero attached hydrogens (tertiary/aromatic N) is 2. The first-order valence-electron chi connectivity index (χ1n) is 5.15. The van der Waals surface area contributed by atoms with Crippen molar-refractivity contribution in [2.24, 2.45) is 5.92 Å². The third-order valence-electron chi connectivity index (χ3n) is 2.81. The Balaban J connectivity index is 1.79. The van der Waals surface area contributed by atoms with Gasteiger partial charge in [0.15, 0.2) is 0 Å². The van der Waals surface area contributed by atoms with Crippen LogP contribution in [-0.4, -0.2) is 27.7 Å². The van der Waals surface area contributed by atoms with E-state index in [1.807, 2.05) is 0 Å². The van der Waals surface area contributed by atoms with Crippen LogP contribution >= 0.6 is 11.6 Å². The molecule has 0 spiro atoms. The zero-order valence-corrected chi connectivity index (χ0v) is 9.11. The Morgan fingerprint density at radius 3 is 2.80 bits per heavy atom. The van der Waals surface area contributed by atoms with Gasteiger partial charge in [0, 0.05) is 6.54 Å². The molecule has 2 N–H and O–H groups in total. The molecule has 0 aromatic carbocycles. The Kier molecular flexibility index (Phi) is 3.38. The van der Waals surface area contributed by atoms with E-state index in [1.165, 1.54) is 12.6 Å². The summed E-state index contributed by atoms with van der Waals surface area (Å²) >= 11 is 5.61. The molecule has 1 aliphatic rings. The lowest BCUT2D eigenvalue weighted by Crippen LogP contribution is -2.32. The number of aliphatic hydroxyl groups excluding tert-OH is 1. The Bertz CT molecular complexity index is 313. The Morgan fingerprint density at radius 1 is 1.47 bits per heavy atom. The van der Waals surface area contributed by atoms with E-state index in [0.717, 1.165) is 12.8 Å². The average molecular weight is 228 g/mol. The van der Waals surface area contributed by atoms with Crippen molar-refractivity contribution in [2.45, 2.75) is 25.4 Å². The van der Waals surface area contributed by atoms with Crippen molar-refractivity contribution in [1.82, 2.24) is 9.97 Å². The van der Waals surface area contributed by atoms with E-state index >= 15 is 0 Å². The molecule has 1 fully saturated rings. The molecule has 0 aliphatic heterocycles. The number of anilines is 1. The van der Waals surface area contributed by atoms with Crippen LogP contribution in [0.2, 0.25) is 5.15 Å². The number of aliphatic hydroxyl groups is 1. The quantitative estimate of drug-likeness (QED) is 0.822. The Hall–Kier alpha value is -0.870. The molecule has 0 amide bonds. The third kappa shape index (κ3) is 2.79. The normalized spacial score (nSPS) is 18.3. The van der Waals surface area contributed by atoms with Crippen LogP contribution in [0.1, 0.15) is 19.3 Å². The maximum Gasteiger partial charge on any atom is 0.147 e. The highest BCUT2D eigenvalue weighted by atomic mass is 35.5. The lowest BCUT2D eigenvalue weighted by molar-refractivity contribution is 0.0729. The summed E-state index contributed by atoms with van der Waals surface area (Å²) in [5, 5.41) is 13.2. The van der Waals surface area contributed by atoms with Gasteiger partial charge in [-0.15, -0.1) is 0 Å². The van der Waals surface area contributed by atoms with Gasteiger partial charge in [-0.2, -0.15) is 0 Å². The highest BCUT2D eigenvalue weighted by Gasteiger charge is 2.25. The van der Waals surface area contributed by atoms with Crippen LogP contribution in [0.5, 0.6) is 0 Å². The van der Waals surface area contributed by atoms with Crippen molar-refractivity contribution >= 4 is 17.4 Å². The summed E-state index contributed by atoms with van der Waals surface area (Å²) in [5.41, 5.74) is 0. The number of nitrogens with one attached hydrogen (secondary N) is 1. The predicted octanol–water partition coefficient (Wildman–Crippen LogP) is 1.70. The molecule has 1 heterocycles. The van der Waals surface area contributed by atoms with E-state index in [4.69, 9.17) is 11.6 Å². The second-order valence-electron chi connectivity index (χ2n) is 3.86. The minimum absolute atomic E-state index is 0.281. The molecule has 1 aromatic rings. The zero-order chi connectivity index (χ0) is 10.7. The summed E-state index contributed by atoms with van der Waals surface area (Å²) in [6, 6.07) is 0. The third-order valence-corrected chi connectivity index (χ3v) is 3.00. The fourth-order valence-electron chi connectivity index (χ4n) is 1.60. The van der Waals surface area contributed by atoms with Crippen molar-refractivity contribution in [3.05, 3.63) is 17.5 Å². The predicted molar refractivity (Wildman–Crippen MR) is 58.9 cm³/mol. The molecule has 0 bridgehead atoms. The van der Waals surface area contributed by atoms with Crippen molar-refractivity contribution in [3.8, 4) is 0 Å². The summed E-state index contributed by atoms with van der Waals surface area (Å²) in [5.74, 6) is 1.11. The summed E-state index contributed by atoms with van der Waals surface area (Å²) < 4.78 is 0. The molecule has 1 aliphatic carbocycles. The second kappa shape index (κ2) is 4.77. The van der Waals surface area contributed by atoms with Crippen LogP contribution < -0.4 is 5.32 Å². The minimum atomic E-state index is -0.281. The van der Waals surface area contributed by atoms with E-state index in [-0.39, 0.29) is 6.10 Å². The number of hydrogen-bond acceptors (Lipinski definition) is 4. The summed E-state index contributed by atoms with van der Waals surface area (Å²) in [7, 11) is 0. The highest BCUT2D eigenvalue weighted by Crippen LogP contribution is 2.29. The van der Waals surface area contributed by atoms with Crippen LogP contribution in [0, 0.1) is 5.92 Å². The molecule has 1 unspecified atom stereocenters. The van der Waals surface area contributed by atoms with Gasteiger partial charge >= 0.3 is 0 Å². The van der Waals surface area contributed by atoms with Gasteiger partial charge in [0.05, 0.1) is 18.5 Å². The molecule has 15 heavy (non-hydrogen) atoms. The van der Waals surface area contributed by atoms with Crippen LogP contribution in [0.15, 0.2) is 12.4 Å². The first kappa shape index (κ1) is 10.6. The smallest absolute Gasteiger partial charge is 0.147 e. The summed E-state index contributed by atoms with van der Waals surface area (Å²) in [6.07, 6.45) is 6.28. The highest BCUT2D eigenvalue weighted by molar-refractivity contribution is 6.29. The van der Waals surface area contributed by atoms with E-state index < -0.39 is 0 Å². The number of halogens is 1. The Morgan fingerprint density at radius 2 is 2.27 bits per heavy atom. The lowest BCUT2D eigenvalue weighted by Gasteiger charge is -2.30. The molecule has 4 nitrogen and oxygen atoms in total. The van der Waals surface area contributed by atoms with Crippen LogP contribution in [0.4, 0.5) is 5.82 Å². The Labute approximate surface area is 93.7 Å². The molecule has 2 rings (SSSR count). The lowest BCUT2D eigenvalue weighted by atomic mass is 9.81. The maximum absolute atomic E-state index is 9.75. The van der Waals surface area contributed by atoms with E-state index in [2.05, 4.69) is 15.3 Å². The van der Waals surface area contributed by atoms with Gasteiger partial charge in [-0.05, 0) is 18.8 Å². The molecule has 0 saturated heterocycles. The van der Waals surface area contributed by atoms with Crippen molar-refractivity contribution < 1.29 is 5.11 Å². The topological polar surface area (TPSA) is 58.0 Å². The molecule has 5 heteroatoms. The molecular weight excluding hydrogens is 214 g/mol. The van der Waals surface area contributed by atoms with E-state index in [0.29, 0.717) is 23.4 Å². The van der Waals surface area contributed by atoms with Gasteiger partial charge in [-0.25, -0.2) is 9.97 Å². The molecular formula is C10H14ClN3O. The van der Waals surface area contributed by atoms with Crippen LogP contribution in [-0.2, 0) is 0 Å². The number of hydrogen-bond donors (Lipinski definition) is 2. The number of rotatable bonds is 4. The van der Waals surface area contributed by atoms with Gasteiger partial charge in [0.2, 0.25) is 0 Å². The first-order chi connectivity index (χ1) is 7.25. The van der Waals surface area contributed by atoms with Crippen LogP contribution in [0.3, 0.4) is 0 Å². The standard InChI is InChI=1S/C10H14ClN3O/c11-9-5-14-10(6-12-9)13-4-8(15)7-2-1-3-7/h5-8,15H,1-4H2,(H,13,14). The van der Waals surface area contributed by atoms with Gasteiger partial charge in [-0.3, -0.25) is 0 Å². The van der Waals surface area contributed by atoms with Crippen molar-refractivity contribution in [3.63, 3.8) is 0 Å². The minimum Gasteiger partial charge on any atom is -0.391 e. The zero-order valence-electron chi connectivity index (χ0n) is 8.36. The largest absolute Gasteiger partial charge is 0.391 e. The van der Waals surface area contributed by atoms with Gasteiger partial charge in [-0.1, -0.05) is 18.0 Å². The van der Waals surface area contributed by atoms with Crippen LogP contribution in [0.25, 0.3) is 0 Å². The van der Waals surface area contributed by atoms with E-state index in [1.54, 1.807) is 6.20 Å². The fourth-order valence-corrected chi connectivity index (χ4v) is 1.70. The van der Waals surface area contributed by atoms with Gasteiger partial charge < -0.3 is 10.4 Å². The monoisotopic (exact) mass is 227 g/mol. The van der Waals surface area contributed by atoms with Crippen molar-refractivity contribution in [2.75, 3.05) is 11.9 Å². The molecule has 1 saturated carbocycles. The molecule has 0 radical (unpaired) electrons. The van der Waals surface area contributed by atoms with Gasteiger partial charge in [0.1, 0.15) is 11.0 Å². The SMILES string of the molecule is OC(CNc1cnc(Cl)cn1)C1CCC1. The first-order valence-corrected chi connectivity index (χ1v) is 5.53. The molecule has 82 valence electrons. The van der Waals surface area contributed by atoms with Gasteiger partial charge in [0.25, 0.3) is 0 Å². The average Bonchev–Trinajstić information content (AvgIpc) is 2.14. The molecule has 1 atom stereocenters. The molecule has 1 aromatic heterocycles. The maximum atomic E-state index is 9.75. The number of aromatic nitrogens is 2.